The van der Waals surface area contributed by atoms with Crippen LogP contribution in [0.15, 0.2) is 35.1 Å². The number of halogens is 1. The maximum Gasteiger partial charge on any atom is 0.270 e. The van der Waals surface area contributed by atoms with E-state index in [4.69, 9.17) is 4.74 Å². The Labute approximate surface area is 147 Å². The molecule has 134 valence electrons. The number of ether oxygens (including phenoxy) is 1. The van der Waals surface area contributed by atoms with Crippen molar-refractivity contribution in [1.82, 2.24) is 19.9 Å². The quantitative estimate of drug-likeness (QED) is 0.734. The van der Waals surface area contributed by atoms with Crippen LogP contribution in [0.3, 0.4) is 0 Å². The zero-order chi connectivity index (χ0) is 18.3. The van der Waals surface area contributed by atoms with Gasteiger partial charge in [-0.25, -0.2) is 9.37 Å². The van der Waals surface area contributed by atoms with E-state index in [9.17, 15) is 14.0 Å². The molecule has 1 aliphatic heterocycles. The molecule has 26 heavy (non-hydrogen) atoms. The Morgan fingerprint density at radius 2 is 2.15 bits per heavy atom. The Morgan fingerprint density at radius 1 is 1.31 bits per heavy atom. The second kappa shape index (κ2) is 6.38. The van der Waals surface area contributed by atoms with Crippen LogP contribution in [0.1, 0.15) is 28.1 Å². The average molecular weight is 356 g/mol. The first-order chi connectivity index (χ1) is 12.5. The summed E-state index contributed by atoms with van der Waals surface area (Å²) < 4.78 is 19.0. The van der Waals surface area contributed by atoms with Crippen LogP contribution in [0.2, 0.25) is 0 Å². The third kappa shape index (κ3) is 3.11. The molecule has 1 aromatic carbocycles. The first-order valence-corrected chi connectivity index (χ1v) is 8.26. The van der Waals surface area contributed by atoms with E-state index >= 15 is 0 Å². The molecule has 0 unspecified atom stereocenters. The van der Waals surface area contributed by atoms with Gasteiger partial charge in [0.05, 0.1) is 18.8 Å². The Balaban J connectivity index is 1.58. The van der Waals surface area contributed by atoms with E-state index < -0.39 is 6.10 Å². The van der Waals surface area contributed by atoms with Gasteiger partial charge in [-0.1, -0.05) is 0 Å². The van der Waals surface area contributed by atoms with Crippen molar-refractivity contribution in [2.75, 3.05) is 19.7 Å². The van der Waals surface area contributed by atoms with E-state index in [1.165, 1.54) is 18.2 Å². The van der Waals surface area contributed by atoms with Gasteiger partial charge in [0.25, 0.3) is 11.5 Å². The minimum atomic E-state index is -0.462. The summed E-state index contributed by atoms with van der Waals surface area (Å²) >= 11 is 0. The van der Waals surface area contributed by atoms with Crippen LogP contribution in [0, 0.1) is 12.7 Å². The third-order valence-corrected chi connectivity index (χ3v) is 4.38. The lowest BCUT2D eigenvalue weighted by atomic mass is 10.2. The number of aromatic amines is 2. The predicted octanol–water partition coefficient (Wildman–Crippen LogP) is 1.91. The number of aryl methyl sites for hydroxylation is 1. The molecule has 1 saturated heterocycles. The normalized spacial score (nSPS) is 17.6. The van der Waals surface area contributed by atoms with Gasteiger partial charge in [0.1, 0.15) is 23.4 Å². The van der Waals surface area contributed by atoms with Gasteiger partial charge >= 0.3 is 0 Å². The summed E-state index contributed by atoms with van der Waals surface area (Å²) in [6, 6.07) is 7.36. The molecule has 1 fully saturated rings. The lowest BCUT2D eigenvalue weighted by Crippen LogP contribution is -2.42. The van der Waals surface area contributed by atoms with Crippen LogP contribution in [0.5, 0.6) is 0 Å². The SMILES string of the molecule is Cc1nc([C@H]2CN(C(=O)c3cc4cc(F)ccc4[nH]3)CCO2)cc(=O)[nH]1. The number of aromatic nitrogens is 3. The maximum atomic E-state index is 13.3. The Kier molecular flexibility index (Phi) is 4.04. The fourth-order valence-electron chi connectivity index (χ4n) is 3.17. The standard InChI is InChI=1S/C18H17FN4O3/c1-10-20-14(8-17(24)21-10)16-9-23(4-5-26-16)18(25)15-7-11-6-12(19)2-3-13(11)22-15/h2-3,6-8,16,22H,4-5,9H2,1H3,(H,20,21,24)/t16-/m1/s1. The van der Waals surface area contributed by atoms with Crippen LogP contribution < -0.4 is 5.56 Å². The number of amides is 1. The highest BCUT2D eigenvalue weighted by Crippen LogP contribution is 2.23. The molecule has 0 radical (unpaired) electrons. The second-order valence-electron chi connectivity index (χ2n) is 6.28. The van der Waals surface area contributed by atoms with Crippen molar-refractivity contribution in [3.63, 3.8) is 0 Å². The van der Waals surface area contributed by atoms with Crippen LogP contribution in [0.4, 0.5) is 4.39 Å². The van der Waals surface area contributed by atoms with Gasteiger partial charge in [-0.05, 0) is 31.2 Å². The van der Waals surface area contributed by atoms with Crippen LogP contribution in [0.25, 0.3) is 10.9 Å². The molecule has 0 aliphatic carbocycles. The summed E-state index contributed by atoms with van der Waals surface area (Å²) in [5, 5.41) is 0.644. The molecule has 3 aromatic rings. The van der Waals surface area contributed by atoms with Crippen molar-refractivity contribution in [2.24, 2.45) is 0 Å². The Bertz CT molecular complexity index is 1040. The maximum absolute atomic E-state index is 13.3. The molecule has 8 heteroatoms. The van der Waals surface area contributed by atoms with E-state index in [-0.39, 0.29) is 17.3 Å². The zero-order valence-corrected chi connectivity index (χ0v) is 14.1. The van der Waals surface area contributed by atoms with E-state index in [2.05, 4.69) is 15.0 Å². The van der Waals surface area contributed by atoms with Crippen LogP contribution in [-0.4, -0.2) is 45.5 Å². The van der Waals surface area contributed by atoms with Gasteiger partial charge in [0.15, 0.2) is 0 Å². The molecule has 2 aromatic heterocycles. The van der Waals surface area contributed by atoms with E-state index in [0.29, 0.717) is 47.8 Å². The van der Waals surface area contributed by atoms with Crippen molar-refractivity contribution >= 4 is 16.8 Å². The third-order valence-electron chi connectivity index (χ3n) is 4.38. The number of H-pyrrole nitrogens is 2. The number of hydrogen-bond donors (Lipinski definition) is 2. The number of benzene rings is 1. The van der Waals surface area contributed by atoms with Crippen molar-refractivity contribution in [1.29, 1.82) is 0 Å². The largest absolute Gasteiger partial charge is 0.368 e. The lowest BCUT2D eigenvalue weighted by molar-refractivity contribution is -0.0250. The fourth-order valence-corrected chi connectivity index (χ4v) is 3.17. The number of fused-ring (bicyclic) bond motifs is 1. The van der Waals surface area contributed by atoms with Gasteiger partial charge in [0, 0.05) is 23.5 Å². The molecule has 0 saturated carbocycles. The fraction of sp³-hybridized carbons (Fsp3) is 0.278. The van der Waals surface area contributed by atoms with Gasteiger partial charge in [-0.15, -0.1) is 0 Å². The molecule has 0 bridgehead atoms. The number of nitrogens with zero attached hydrogens (tertiary/aromatic N) is 2. The zero-order valence-electron chi connectivity index (χ0n) is 14.1. The molecule has 0 spiro atoms. The highest BCUT2D eigenvalue weighted by molar-refractivity contribution is 5.98. The van der Waals surface area contributed by atoms with Crippen molar-refractivity contribution in [3.05, 3.63) is 63.7 Å². The van der Waals surface area contributed by atoms with Gasteiger partial charge in [0.2, 0.25) is 0 Å². The van der Waals surface area contributed by atoms with Crippen LogP contribution in [-0.2, 0) is 4.74 Å². The molecule has 3 heterocycles. The molecule has 1 aliphatic rings. The molecular weight excluding hydrogens is 339 g/mol. The average Bonchev–Trinajstić information content (AvgIpc) is 3.03. The molecule has 4 rings (SSSR count). The number of rotatable bonds is 2. The summed E-state index contributed by atoms with van der Waals surface area (Å²) in [5.74, 6) is -0.0497. The van der Waals surface area contributed by atoms with Gasteiger partial charge in [-0.3, -0.25) is 9.59 Å². The monoisotopic (exact) mass is 356 g/mol. The molecular formula is C18H17FN4O3. The van der Waals surface area contributed by atoms with Crippen LogP contribution >= 0.6 is 0 Å². The first-order valence-electron chi connectivity index (χ1n) is 8.26. The Morgan fingerprint density at radius 3 is 2.96 bits per heavy atom. The number of carbonyl (C=O) groups is 1. The molecule has 1 amide bonds. The summed E-state index contributed by atoms with van der Waals surface area (Å²) in [6.07, 6.45) is -0.462. The molecule has 7 nitrogen and oxygen atoms in total. The van der Waals surface area contributed by atoms with Gasteiger partial charge < -0.3 is 19.6 Å². The number of carbonyl (C=O) groups excluding carboxylic acids is 1. The number of morpholine rings is 1. The van der Waals surface area contributed by atoms with Crippen molar-refractivity contribution in [2.45, 2.75) is 13.0 Å². The summed E-state index contributed by atoms with van der Waals surface area (Å²) in [4.78, 5) is 36.0. The van der Waals surface area contributed by atoms with Gasteiger partial charge in [-0.2, -0.15) is 0 Å². The highest BCUT2D eigenvalue weighted by atomic mass is 19.1. The summed E-state index contributed by atoms with van der Waals surface area (Å²) in [7, 11) is 0. The lowest BCUT2D eigenvalue weighted by Gasteiger charge is -2.32. The summed E-state index contributed by atoms with van der Waals surface area (Å²) in [6.45, 7) is 2.76. The Hall–Kier alpha value is -3.00. The number of nitrogens with one attached hydrogen (secondary N) is 2. The first kappa shape index (κ1) is 16.5. The number of hydrogen-bond acceptors (Lipinski definition) is 4. The minimum absolute atomic E-state index is 0.198. The predicted molar refractivity (Wildman–Crippen MR) is 92.4 cm³/mol. The minimum Gasteiger partial charge on any atom is -0.368 e. The molecule has 2 N–H and O–H groups in total. The van der Waals surface area contributed by atoms with Crippen molar-refractivity contribution < 1.29 is 13.9 Å². The van der Waals surface area contributed by atoms with E-state index in [1.807, 2.05) is 0 Å². The summed E-state index contributed by atoms with van der Waals surface area (Å²) in [5.41, 5.74) is 1.34. The van der Waals surface area contributed by atoms with Crippen molar-refractivity contribution in [3.8, 4) is 0 Å². The van der Waals surface area contributed by atoms with E-state index in [0.717, 1.165) is 0 Å². The smallest absolute Gasteiger partial charge is 0.270 e. The van der Waals surface area contributed by atoms with E-state index in [1.54, 1.807) is 24.0 Å². The molecule has 1 atom stereocenters. The second-order valence-corrected chi connectivity index (χ2v) is 6.28. The highest BCUT2D eigenvalue weighted by Gasteiger charge is 2.28. The topological polar surface area (TPSA) is 91.1 Å².